The summed E-state index contributed by atoms with van der Waals surface area (Å²) < 4.78 is 26.8. The highest BCUT2D eigenvalue weighted by Gasteiger charge is 2.38. The molecule has 6 heteroatoms. The van der Waals surface area contributed by atoms with Crippen molar-refractivity contribution < 1.29 is 8.42 Å². The molecule has 1 aliphatic rings. The summed E-state index contributed by atoms with van der Waals surface area (Å²) in [5.41, 5.74) is 0.620. The summed E-state index contributed by atoms with van der Waals surface area (Å²) >= 11 is 0. The summed E-state index contributed by atoms with van der Waals surface area (Å²) in [6.07, 6.45) is 2.41. The Morgan fingerprint density at radius 2 is 2.21 bits per heavy atom. The van der Waals surface area contributed by atoms with E-state index in [9.17, 15) is 8.42 Å². The van der Waals surface area contributed by atoms with Gasteiger partial charge in [0.15, 0.2) is 5.03 Å². The van der Waals surface area contributed by atoms with Gasteiger partial charge in [-0.05, 0) is 30.9 Å². The number of aromatic nitrogens is 1. The molecule has 0 aliphatic carbocycles. The molecule has 1 N–H and O–H groups in total. The lowest BCUT2D eigenvalue weighted by molar-refractivity contribution is 0.375. The van der Waals surface area contributed by atoms with Crippen LogP contribution in [0.5, 0.6) is 0 Å². The average Bonchev–Trinajstić information content (AvgIpc) is 2.71. The molecular weight excluding hydrogens is 262 g/mol. The van der Waals surface area contributed by atoms with Gasteiger partial charge in [-0.2, -0.15) is 4.31 Å². The molecule has 1 saturated heterocycles. The smallest absolute Gasteiger partial charge is 0.262 e. The molecule has 2 heterocycles. The monoisotopic (exact) mass is 283 g/mol. The predicted molar refractivity (Wildman–Crippen MR) is 75.6 cm³/mol. The van der Waals surface area contributed by atoms with Crippen LogP contribution in [-0.4, -0.2) is 37.3 Å². The lowest BCUT2D eigenvalue weighted by Gasteiger charge is -2.20. The van der Waals surface area contributed by atoms with E-state index in [1.165, 1.54) is 10.5 Å². The Hall–Kier alpha value is -1.14. The Morgan fingerprint density at radius 3 is 2.79 bits per heavy atom. The Balaban J connectivity index is 2.35. The summed E-state index contributed by atoms with van der Waals surface area (Å²) in [7, 11) is -3.50. The number of nitrogens with one attached hydrogen (secondary N) is 1. The maximum Gasteiger partial charge on any atom is 0.262 e. The van der Waals surface area contributed by atoms with Gasteiger partial charge in [-0.3, -0.25) is 0 Å². The van der Waals surface area contributed by atoms with Crippen molar-refractivity contribution in [2.45, 2.75) is 32.2 Å². The number of hydrogen-bond donors (Lipinski definition) is 1. The quantitative estimate of drug-likeness (QED) is 0.917. The first-order valence-electron chi connectivity index (χ1n) is 6.56. The van der Waals surface area contributed by atoms with Crippen LogP contribution in [0.2, 0.25) is 0 Å². The standard InChI is InChI=1S/C13H21N3O2S/c1-4-14-11-6-5-8-15-12(11)19(17,18)16-9-7-13(2,3)10-16/h5-6,8,14H,4,7,9-10H2,1-3H3. The minimum atomic E-state index is -3.50. The van der Waals surface area contributed by atoms with Crippen molar-refractivity contribution in [1.82, 2.24) is 9.29 Å². The zero-order valence-corrected chi connectivity index (χ0v) is 12.5. The first kappa shape index (κ1) is 14.3. The van der Waals surface area contributed by atoms with Gasteiger partial charge >= 0.3 is 0 Å². The number of rotatable bonds is 4. The van der Waals surface area contributed by atoms with Gasteiger partial charge in [0.25, 0.3) is 10.0 Å². The van der Waals surface area contributed by atoms with E-state index < -0.39 is 10.0 Å². The Kier molecular flexibility index (Phi) is 3.82. The van der Waals surface area contributed by atoms with Crippen LogP contribution in [0.15, 0.2) is 23.4 Å². The lowest BCUT2D eigenvalue weighted by Crippen LogP contribution is -2.31. The second-order valence-corrected chi connectivity index (χ2v) is 7.49. The molecule has 0 saturated carbocycles. The highest BCUT2D eigenvalue weighted by atomic mass is 32.2. The van der Waals surface area contributed by atoms with Gasteiger partial charge in [-0.25, -0.2) is 13.4 Å². The highest BCUT2D eigenvalue weighted by molar-refractivity contribution is 7.89. The largest absolute Gasteiger partial charge is 0.383 e. The molecule has 1 aromatic heterocycles. The molecular formula is C13H21N3O2S. The van der Waals surface area contributed by atoms with E-state index >= 15 is 0 Å². The van der Waals surface area contributed by atoms with Gasteiger partial charge in [0, 0.05) is 25.8 Å². The fourth-order valence-electron chi connectivity index (χ4n) is 2.31. The topological polar surface area (TPSA) is 62.3 Å². The SMILES string of the molecule is CCNc1cccnc1S(=O)(=O)N1CCC(C)(C)C1. The van der Waals surface area contributed by atoms with Crippen LogP contribution in [0.1, 0.15) is 27.2 Å². The van der Waals surface area contributed by atoms with E-state index in [0.717, 1.165) is 6.42 Å². The summed E-state index contributed by atoms with van der Waals surface area (Å²) in [4.78, 5) is 4.07. The molecule has 5 nitrogen and oxygen atoms in total. The normalized spacial score (nSPS) is 19.5. The maximum atomic E-state index is 12.6. The number of nitrogens with zero attached hydrogens (tertiary/aromatic N) is 2. The lowest BCUT2D eigenvalue weighted by atomic mass is 9.93. The van der Waals surface area contributed by atoms with Crippen LogP contribution in [0.25, 0.3) is 0 Å². The molecule has 19 heavy (non-hydrogen) atoms. The minimum absolute atomic E-state index is 0.0419. The Labute approximate surface area is 115 Å². The summed E-state index contributed by atoms with van der Waals surface area (Å²) in [6, 6.07) is 3.50. The molecule has 1 aliphatic heterocycles. The second-order valence-electron chi connectivity index (χ2n) is 5.64. The Bertz CT molecular complexity index is 555. The molecule has 0 amide bonds. The molecule has 0 atom stereocenters. The van der Waals surface area contributed by atoms with Crippen LogP contribution < -0.4 is 5.32 Å². The maximum absolute atomic E-state index is 12.6. The molecule has 0 unspecified atom stereocenters. The Morgan fingerprint density at radius 1 is 1.47 bits per heavy atom. The van der Waals surface area contributed by atoms with Gasteiger partial charge < -0.3 is 5.32 Å². The van der Waals surface area contributed by atoms with Gasteiger partial charge in [0.2, 0.25) is 0 Å². The van der Waals surface area contributed by atoms with Crippen molar-refractivity contribution in [3.63, 3.8) is 0 Å². The van der Waals surface area contributed by atoms with Crippen LogP contribution in [0.4, 0.5) is 5.69 Å². The molecule has 1 aromatic rings. The molecule has 0 bridgehead atoms. The van der Waals surface area contributed by atoms with Crippen LogP contribution >= 0.6 is 0 Å². The number of anilines is 1. The predicted octanol–water partition coefficient (Wildman–Crippen LogP) is 1.93. The third kappa shape index (κ3) is 2.90. The second kappa shape index (κ2) is 5.09. The molecule has 0 aromatic carbocycles. The van der Waals surface area contributed by atoms with Crippen molar-refractivity contribution in [3.05, 3.63) is 18.3 Å². The number of sulfonamides is 1. The zero-order chi connectivity index (χ0) is 14.1. The molecule has 1 fully saturated rings. The summed E-state index contributed by atoms with van der Waals surface area (Å²) in [6.45, 7) is 7.90. The molecule has 106 valence electrons. The van der Waals surface area contributed by atoms with Crippen molar-refractivity contribution in [2.75, 3.05) is 25.0 Å². The first-order valence-corrected chi connectivity index (χ1v) is 8.00. The first-order chi connectivity index (χ1) is 8.87. The fraction of sp³-hybridized carbons (Fsp3) is 0.615. The van der Waals surface area contributed by atoms with Crippen molar-refractivity contribution in [1.29, 1.82) is 0 Å². The zero-order valence-electron chi connectivity index (χ0n) is 11.7. The minimum Gasteiger partial charge on any atom is -0.383 e. The van der Waals surface area contributed by atoms with Crippen molar-refractivity contribution in [3.8, 4) is 0 Å². The fourth-order valence-corrected chi connectivity index (χ4v) is 4.02. The molecule has 0 spiro atoms. The third-order valence-corrected chi connectivity index (χ3v) is 5.17. The van der Waals surface area contributed by atoms with E-state index in [4.69, 9.17) is 0 Å². The summed E-state index contributed by atoms with van der Waals surface area (Å²) in [5.74, 6) is 0. The molecule has 2 rings (SSSR count). The highest BCUT2D eigenvalue weighted by Crippen LogP contribution is 2.33. The van der Waals surface area contributed by atoms with Crippen molar-refractivity contribution >= 4 is 15.7 Å². The van der Waals surface area contributed by atoms with Crippen LogP contribution in [0.3, 0.4) is 0 Å². The van der Waals surface area contributed by atoms with E-state index in [-0.39, 0.29) is 10.4 Å². The van der Waals surface area contributed by atoms with E-state index in [1.54, 1.807) is 12.1 Å². The van der Waals surface area contributed by atoms with Gasteiger partial charge in [0.1, 0.15) is 0 Å². The van der Waals surface area contributed by atoms with Gasteiger partial charge in [0.05, 0.1) is 5.69 Å². The van der Waals surface area contributed by atoms with Crippen molar-refractivity contribution in [2.24, 2.45) is 5.41 Å². The van der Waals surface area contributed by atoms with Gasteiger partial charge in [-0.15, -0.1) is 0 Å². The summed E-state index contributed by atoms with van der Waals surface area (Å²) in [5, 5.41) is 3.19. The van der Waals surface area contributed by atoms with E-state index in [2.05, 4.69) is 24.1 Å². The van der Waals surface area contributed by atoms with Crippen LogP contribution in [0, 0.1) is 5.41 Å². The van der Waals surface area contributed by atoms with E-state index in [0.29, 0.717) is 25.3 Å². The average molecular weight is 283 g/mol. The number of hydrogen-bond acceptors (Lipinski definition) is 4. The van der Waals surface area contributed by atoms with Crippen LogP contribution in [-0.2, 0) is 10.0 Å². The molecule has 0 radical (unpaired) electrons. The van der Waals surface area contributed by atoms with E-state index in [1.807, 2.05) is 6.92 Å². The van der Waals surface area contributed by atoms with Gasteiger partial charge in [-0.1, -0.05) is 13.8 Å². The third-order valence-electron chi connectivity index (χ3n) is 3.37. The number of pyridine rings is 1.